The van der Waals surface area contributed by atoms with Crippen molar-refractivity contribution in [3.63, 3.8) is 0 Å². The zero-order valence-electron chi connectivity index (χ0n) is 7.21. The molecule has 0 aromatic carbocycles. The quantitative estimate of drug-likeness (QED) is 0.770. The number of nitrogens with one attached hydrogen (secondary N) is 1. The first-order valence-corrected chi connectivity index (χ1v) is 4.12. The van der Waals surface area contributed by atoms with E-state index in [4.69, 9.17) is 11.6 Å². The van der Waals surface area contributed by atoms with E-state index in [1.807, 2.05) is 26.2 Å². The normalized spacial score (nSPS) is 11.2. The van der Waals surface area contributed by atoms with Crippen LogP contribution in [-0.2, 0) is 7.05 Å². The Morgan fingerprint density at radius 1 is 1.75 bits per heavy atom. The number of aryl methyl sites for hydroxylation is 1. The van der Waals surface area contributed by atoms with Crippen LogP contribution in [0, 0.1) is 0 Å². The third-order valence-electron chi connectivity index (χ3n) is 1.41. The summed E-state index contributed by atoms with van der Waals surface area (Å²) in [4.78, 5) is 0. The molecule has 3 nitrogen and oxygen atoms in total. The highest BCUT2D eigenvalue weighted by atomic mass is 35.5. The van der Waals surface area contributed by atoms with Crippen LogP contribution in [0.4, 0.5) is 0 Å². The lowest BCUT2D eigenvalue weighted by atomic mass is 10.4. The Kier molecular flexibility index (Phi) is 3.31. The highest BCUT2D eigenvalue weighted by molar-refractivity contribution is 6.31. The molecule has 1 aromatic rings. The van der Waals surface area contributed by atoms with E-state index >= 15 is 0 Å². The number of rotatable bonds is 3. The fraction of sp³-hybridized carbons (Fsp3) is 0.375. The highest BCUT2D eigenvalue weighted by Crippen LogP contribution is 2.13. The van der Waals surface area contributed by atoms with Crippen LogP contribution in [0.25, 0.3) is 6.08 Å². The summed E-state index contributed by atoms with van der Waals surface area (Å²) in [6.07, 6.45) is 5.66. The van der Waals surface area contributed by atoms with Gasteiger partial charge in [-0.2, -0.15) is 5.10 Å². The summed E-state index contributed by atoms with van der Waals surface area (Å²) >= 11 is 5.87. The van der Waals surface area contributed by atoms with Crippen LogP contribution in [0.1, 0.15) is 5.69 Å². The molecule has 0 aliphatic heterocycles. The van der Waals surface area contributed by atoms with Crippen molar-refractivity contribution in [2.75, 3.05) is 13.6 Å². The largest absolute Gasteiger partial charge is 0.316 e. The standard InChI is InChI=1S/C8H12ClN3/c1-10-5-3-4-8-7(9)6-12(2)11-8/h3-4,6,10H,5H2,1-2H3. The monoisotopic (exact) mass is 185 g/mol. The third-order valence-corrected chi connectivity index (χ3v) is 1.70. The Bertz CT molecular complexity index is 278. The first-order valence-electron chi connectivity index (χ1n) is 3.74. The second-order valence-corrected chi connectivity index (χ2v) is 2.90. The number of hydrogen-bond acceptors (Lipinski definition) is 2. The van der Waals surface area contributed by atoms with E-state index in [0.717, 1.165) is 12.2 Å². The van der Waals surface area contributed by atoms with Crippen LogP contribution in [-0.4, -0.2) is 23.4 Å². The van der Waals surface area contributed by atoms with Crippen molar-refractivity contribution < 1.29 is 0 Å². The molecule has 1 heterocycles. The van der Waals surface area contributed by atoms with Gasteiger partial charge in [-0.1, -0.05) is 17.7 Å². The van der Waals surface area contributed by atoms with Gasteiger partial charge in [0.25, 0.3) is 0 Å². The fourth-order valence-corrected chi connectivity index (χ4v) is 1.12. The van der Waals surface area contributed by atoms with E-state index in [2.05, 4.69) is 10.4 Å². The topological polar surface area (TPSA) is 29.9 Å². The zero-order valence-corrected chi connectivity index (χ0v) is 7.97. The van der Waals surface area contributed by atoms with E-state index in [0.29, 0.717) is 5.02 Å². The summed E-state index contributed by atoms with van der Waals surface area (Å²) in [5.41, 5.74) is 0.814. The van der Waals surface area contributed by atoms with Crippen molar-refractivity contribution >= 4 is 17.7 Å². The van der Waals surface area contributed by atoms with E-state index in [1.165, 1.54) is 0 Å². The second-order valence-electron chi connectivity index (χ2n) is 2.50. The summed E-state index contributed by atoms with van der Waals surface area (Å²) in [5, 5.41) is 7.84. The van der Waals surface area contributed by atoms with Crippen LogP contribution in [0.15, 0.2) is 12.3 Å². The molecule has 0 aliphatic carbocycles. The molecule has 0 aliphatic rings. The molecule has 12 heavy (non-hydrogen) atoms. The summed E-state index contributed by atoms with van der Waals surface area (Å²) < 4.78 is 1.70. The maximum atomic E-state index is 5.87. The average Bonchev–Trinajstić information content (AvgIpc) is 2.31. The van der Waals surface area contributed by atoms with Gasteiger partial charge in [-0.25, -0.2) is 0 Å². The second kappa shape index (κ2) is 4.28. The molecule has 1 aromatic heterocycles. The van der Waals surface area contributed by atoms with Gasteiger partial charge in [0.2, 0.25) is 0 Å². The minimum Gasteiger partial charge on any atom is -0.316 e. The summed E-state index contributed by atoms with van der Waals surface area (Å²) in [7, 11) is 3.74. The van der Waals surface area contributed by atoms with Gasteiger partial charge in [0.1, 0.15) is 5.69 Å². The Labute approximate surface area is 77.0 Å². The number of halogens is 1. The van der Waals surface area contributed by atoms with E-state index < -0.39 is 0 Å². The maximum absolute atomic E-state index is 5.87. The fourth-order valence-electron chi connectivity index (χ4n) is 0.878. The predicted molar refractivity (Wildman–Crippen MR) is 51.2 cm³/mol. The molecule has 0 spiro atoms. The van der Waals surface area contributed by atoms with Crippen molar-refractivity contribution in [1.29, 1.82) is 0 Å². The predicted octanol–water partition coefficient (Wildman–Crippen LogP) is 1.31. The molecule has 0 radical (unpaired) electrons. The SMILES string of the molecule is CNCC=Cc1nn(C)cc1Cl. The molecular weight excluding hydrogens is 174 g/mol. The molecule has 0 fully saturated rings. The highest BCUT2D eigenvalue weighted by Gasteiger charge is 1.99. The van der Waals surface area contributed by atoms with Gasteiger partial charge < -0.3 is 5.32 Å². The minimum atomic E-state index is 0.685. The van der Waals surface area contributed by atoms with Crippen LogP contribution < -0.4 is 5.32 Å². The van der Waals surface area contributed by atoms with E-state index in [9.17, 15) is 0 Å². The zero-order chi connectivity index (χ0) is 8.97. The lowest BCUT2D eigenvalue weighted by molar-refractivity contribution is 0.764. The molecule has 0 unspecified atom stereocenters. The van der Waals surface area contributed by atoms with Gasteiger partial charge in [0, 0.05) is 19.8 Å². The maximum Gasteiger partial charge on any atom is 0.103 e. The van der Waals surface area contributed by atoms with Gasteiger partial charge in [-0.15, -0.1) is 0 Å². The Hall–Kier alpha value is -0.800. The van der Waals surface area contributed by atoms with E-state index in [-0.39, 0.29) is 0 Å². The molecule has 1 rings (SSSR count). The van der Waals surface area contributed by atoms with Crippen molar-refractivity contribution in [3.05, 3.63) is 23.0 Å². The molecule has 0 bridgehead atoms. The smallest absolute Gasteiger partial charge is 0.103 e. The van der Waals surface area contributed by atoms with Gasteiger partial charge in [-0.3, -0.25) is 4.68 Å². The molecule has 4 heteroatoms. The third kappa shape index (κ3) is 2.36. The van der Waals surface area contributed by atoms with Gasteiger partial charge >= 0.3 is 0 Å². The van der Waals surface area contributed by atoms with Crippen molar-refractivity contribution in [2.24, 2.45) is 7.05 Å². The van der Waals surface area contributed by atoms with Gasteiger partial charge in [-0.05, 0) is 13.1 Å². The van der Waals surface area contributed by atoms with Crippen molar-refractivity contribution in [2.45, 2.75) is 0 Å². The summed E-state index contributed by atoms with van der Waals surface area (Å²) in [5.74, 6) is 0. The first-order chi connectivity index (χ1) is 5.74. The first kappa shape index (κ1) is 9.29. The molecule has 1 N–H and O–H groups in total. The van der Waals surface area contributed by atoms with Crippen LogP contribution in [0.2, 0.25) is 5.02 Å². The molecule has 0 amide bonds. The Morgan fingerprint density at radius 2 is 2.50 bits per heavy atom. The van der Waals surface area contributed by atoms with E-state index in [1.54, 1.807) is 10.9 Å². The Morgan fingerprint density at radius 3 is 3.00 bits per heavy atom. The minimum absolute atomic E-state index is 0.685. The summed E-state index contributed by atoms with van der Waals surface area (Å²) in [6.45, 7) is 0.826. The number of likely N-dealkylation sites (N-methyl/N-ethyl adjacent to an activating group) is 1. The molecule has 0 atom stereocenters. The van der Waals surface area contributed by atoms with Crippen LogP contribution in [0.3, 0.4) is 0 Å². The van der Waals surface area contributed by atoms with Crippen LogP contribution >= 0.6 is 11.6 Å². The number of aromatic nitrogens is 2. The molecule has 0 saturated carbocycles. The van der Waals surface area contributed by atoms with Crippen molar-refractivity contribution in [3.8, 4) is 0 Å². The van der Waals surface area contributed by atoms with Crippen LogP contribution in [0.5, 0.6) is 0 Å². The van der Waals surface area contributed by atoms with Gasteiger partial charge in [0.15, 0.2) is 0 Å². The number of nitrogens with zero attached hydrogens (tertiary/aromatic N) is 2. The lowest BCUT2D eigenvalue weighted by Gasteiger charge is -1.87. The molecular formula is C8H12ClN3. The molecule has 66 valence electrons. The summed E-state index contributed by atoms with van der Waals surface area (Å²) in [6, 6.07) is 0. The molecule has 0 saturated heterocycles. The Balaban J connectivity index is 2.68. The van der Waals surface area contributed by atoms with Crippen molar-refractivity contribution in [1.82, 2.24) is 15.1 Å². The van der Waals surface area contributed by atoms with Gasteiger partial charge in [0.05, 0.1) is 5.02 Å². The lowest BCUT2D eigenvalue weighted by Crippen LogP contribution is -2.03. The average molecular weight is 186 g/mol. The number of hydrogen-bond donors (Lipinski definition) is 1.